The molecule has 0 saturated heterocycles. The smallest absolute Gasteiger partial charge is 0.353 e. The standard InChI is InChI=1S/C18H10F6N2S2/c19-17(20,21)9-1-5-11(6-2-9)25-13-14(16(28)15(13)27)26-12-7-3-10(4-8-12)18(22,23)24/h1-8,25-26H. The molecular formula is C18H10F6N2S2. The lowest BCUT2D eigenvalue weighted by Gasteiger charge is -2.18. The normalized spacial score (nSPS) is 12.2. The molecule has 2 nitrogen and oxygen atoms in total. The van der Waals surface area contributed by atoms with Gasteiger partial charge in [0.25, 0.3) is 0 Å². The number of alkyl halides is 6. The van der Waals surface area contributed by atoms with Gasteiger partial charge in [0, 0.05) is 11.4 Å². The first kappa shape index (κ1) is 20.3. The predicted octanol–water partition coefficient (Wildman–Crippen LogP) is 7.55. The average molecular weight is 432 g/mol. The molecule has 0 bridgehead atoms. The SMILES string of the molecule is FC(F)(F)c1ccc(Nc2c(Nc3ccc(C(F)(F)F)cc3)c(=S)c2=S)cc1. The summed E-state index contributed by atoms with van der Waals surface area (Å²) in [5.74, 6) is 0. The van der Waals surface area contributed by atoms with Crippen molar-refractivity contribution in [1.82, 2.24) is 0 Å². The Balaban J connectivity index is 1.80. The van der Waals surface area contributed by atoms with E-state index in [2.05, 4.69) is 10.6 Å². The van der Waals surface area contributed by atoms with Crippen molar-refractivity contribution in [2.24, 2.45) is 0 Å². The highest BCUT2D eigenvalue weighted by Gasteiger charge is 2.31. The first-order valence-corrected chi connectivity index (χ1v) is 8.50. The Kier molecular flexibility index (Phi) is 5.20. The van der Waals surface area contributed by atoms with E-state index in [4.69, 9.17) is 24.4 Å². The Bertz CT molecular complexity index is 973. The summed E-state index contributed by atoms with van der Waals surface area (Å²) >= 11 is 10.3. The molecule has 0 aliphatic rings. The van der Waals surface area contributed by atoms with Crippen LogP contribution in [0, 0.1) is 9.02 Å². The fraction of sp³-hybridized carbons (Fsp3) is 0.111. The maximum absolute atomic E-state index is 12.6. The lowest BCUT2D eigenvalue weighted by Crippen LogP contribution is -2.06. The van der Waals surface area contributed by atoms with E-state index >= 15 is 0 Å². The number of benzene rings is 2. The lowest BCUT2D eigenvalue weighted by atomic mass is 10.1. The molecule has 146 valence electrons. The third-order valence-corrected chi connectivity index (χ3v) is 4.82. The van der Waals surface area contributed by atoms with Crippen LogP contribution in [0.5, 0.6) is 0 Å². The van der Waals surface area contributed by atoms with Crippen LogP contribution in [-0.4, -0.2) is 0 Å². The van der Waals surface area contributed by atoms with Crippen LogP contribution in [0.4, 0.5) is 49.1 Å². The summed E-state index contributed by atoms with van der Waals surface area (Å²) in [4.78, 5) is 0. The quantitative estimate of drug-likeness (QED) is 0.328. The molecule has 0 spiro atoms. The van der Waals surface area contributed by atoms with Crippen LogP contribution < -0.4 is 10.6 Å². The zero-order chi connectivity index (χ0) is 20.7. The van der Waals surface area contributed by atoms with Crippen molar-refractivity contribution >= 4 is 47.2 Å². The highest BCUT2D eigenvalue weighted by Crippen LogP contribution is 2.38. The molecule has 0 unspecified atom stereocenters. The van der Waals surface area contributed by atoms with Crippen LogP contribution in [0.25, 0.3) is 0 Å². The van der Waals surface area contributed by atoms with Gasteiger partial charge in [0.2, 0.25) is 0 Å². The minimum atomic E-state index is -4.44. The monoisotopic (exact) mass is 432 g/mol. The van der Waals surface area contributed by atoms with E-state index in [1.165, 1.54) is 24.3 Å². The molecule has 0 saturated carbocycles. The van der Waals surface area contributed by atoms with E-state index in [1.54, 1.807) is 0 Å². The second kappa shape index (κ2) is 7.17. The van der Waals surface area contributed by atoms with Gasteiger partial charge in [-0.1, -0.05) is 24.4 Å². The van der Waals surface area contributed by atoms with E-state index in [1.807, 2.05) is 0 Å². The molecule has 3 aromatic rings. The van der Waals surface area contributed by atoms with Crippen LogP contribution in [0.2, 0.25) is 0 Å². The van der Waals surface area contributed by atoms with Crippen LogP contribution in [0.1, 0.15) is 11.1 Å². The van der Waals surface area contributed by atoms with Gasteiger partial charge in [-0.2, -0.15) is 26.3 Å². The molecule has 0 aromatic heterocycles. The molecule has 28 heavy (non-hydrogen) atoms. The van der Waals surface area contributed by atoms with Crippen molar-refractivity contribution in [1.29, 1.82) is 0 Å². The maximum Gasteiger partial charge on any atom is 0.416 e. The van der Waals surface area contributed by atoms with Gasteiger partial charge in [-0.25, -0.2) is 0 Å². The highest BCUT2D eigenvalue weighted by molar-refractivity contribution is 7.74. The first-order valence-electron chi connectivity index (χ1n) is 7.68. The van der Waals surface area contributed by atoms with Gasteiger partial charge in [-0.05, 0) is 48.5 Å². The zero-order valence-corrected chi connectivity index (χ0v) is 15.3. The predicted molar refractivity (Wildman–Crippen MR) is 99.9 cm³/mol. The average Bonchev–Trinajstić information content (AvgIpc) is 2.63. The molecule has 0 atom stereocenters. The van der Waals surface area contributed by atoms with Gasteiger partial charge >= 0.3 is 12.4 Å². The summed E-state index contributed by atoms with van der Waals surface area (Å²) in [6, 6.07) is 8.67. The number of rotatable bonds is 4. The first-order chi connectivity index (χ1) is 13.0. The Morgan fingerprint density at radius 3 is 1.07 bits per heavy atom. The zero-order valence-electron chi connectivity index (χ0n) is 13.7. The summed E-state index contributed by atoms with van der Waals surface area (Å²) < 4.78 is 76.4. The summed E-state index contributed by atoms with van der Waals surface area (Å²) in [7, 11) is 0. The summed E-state index contributed by atoms with van der Waals surface area (Å²) in [5.41, 5.74) is -0.0814. The van der Waals surface area contributed by atoms with Gasteiger partial charge in [-0.15, -0.1) is 0 Å². The number of hydrogen-bond donors (Lipinski definition) is 2. The minimum Gasteiger partial charge on any atom is -0.353 e. The van der Waals surface area contributed by atoms with E-state index in [0.717, 1.165) is 24.3 Å². The number of anilines is 4. The molecule has 0 fully saturated rings. The summed E-state index contributed by atoms with van der Waals surface area (Å²) in [6.45, 7) is 0. The largest absolute Gasteiger partial charge is 0.416 e. The van der Waals surface area contributed by atoms with Gasteiger partial charge < -0.3 is 10.6 Å². The lowest BCUT2D eigenvalue weighted by molar-refractivity contribution is -0.138. The summed E-state index contributed by atoms with van der Waals surface area (Å²) in [5, 5.41) is 5.77. The molecule has 0 amide bonds. The van der Waals surface area contributed by atoms with Crippen molar-refractivity contribution < 1.29 is 26.3 Å². The Labute approximate surface area is 165 Å². The van der Waals surface area contributed by atoms with Crippen molar-refractivity contribution in [3.8, 4) is 0 Å². The van der Waals surface area contributed by atoms with E-state index in [-0.39, 0.29) is 0 Å². The van der Waals surface area contributed by atoms with Gasteiger partial charge in [0.05, 0.1) is 31.5 Å². The van der Waals surface area contributed by atoms with Crippen molar-refractivity contribution in [2.45, 2.75) is 12.4 Å². The number of hydrogen-bond acceptors (Lipinski definition) is 4. The fourth-order valence-electron chi connectivity index (χ4n) is 2.40. The highest BCUT2D eigenvalue weighted by atomic mass is 32.1. The third kappa shape index (κ3) is 4.17. The molecule has 3 rings (SSSR count). The minimum absolute atomic E-state index is 0.310. The van der Waals surface area contributed by atoms with Crippen LogP contribution >= 0.6 is 24.4 Å². The molecule has 10 heteroatoms. The van der Waals surface area contributed by atoms with E-state index < -0.39 is 23.5 Å². The van der Waals surface area contributed by atoms with Crippen molar-refractivity contribution in [3.63, 3.8) is 0 Å². The summed E-state index contributed by atoms with van der Waals surface area (Å²) in [6.07, 6.45) is -8.89. The van der Waals surface area contributed by atoms with Crippen LogP contribution in [0.3, 0.4) is 0 Å². The number of nitrogens with one attached hydrogen (secondary N) is 2. The molecule has 0 heterocycles. The molecular weight excluding hydrogens is 422 g/mol. The van der Waals surface area contributed by atoms with Gasteiger partial charge in [-0.3, -0.25) is 0 Å². The topological polar surface area (TPSA) is 24.1 Å². The Morgan fingerprint density at radius 2 is 0.821 bits per heavy atom. The van der Waals surface area contributed by atoms with Gasteiger partial charge in [0.1, 0.15) is 0 Å². The van der Waals surface area contributed by atoms with Crippen LogP contribution in [-0.2, 0) is 12.4 Å². The van der Waals surface area contributed by atoms with Crippen LogP contribution in [0.15, 0.2) is 48.5 Å². The molecule has 2 N–H and O–H groups in total. The maximum atomic E-state index is 12.6. The molecule has 0 radical (unpaired) electrons. The second-order valence-corrected chi connectivity index (χ2v) is 6.62. The molecule has 0 aliphatic heterocycles. The second-order valence-electron chi connectivity index (χ2n) is 5.81. The fourth-order valence-corrected chi connectivity index (χ4v) is 2.91. The number of halogens is 6. The molecule has 3 aromatic carbocycles. The van der Waals surface area contributed by atoms with E-state index in [0.29, 0.717) is 31.8 Å². The van der Waals surface area contributed by atoms with Crippen molar-refractivity contribution in [2.75, 3.05) is 10.6 Å². The van der Waals surface area contributed by atoms with Crippen molar-refractivity contribution in [3.05, 3.63) is 68.7 Å². The molecule has 0 aliphatic carbocycles. The van der Waals surface area contributed by atoms with Gasteiger partial charge in [0.15, 0.2) is 0 Å². The van der Waals surface area contributed by atoms with E-state index in [9.17, 15) is 26.3 Å². The Morgan fingerprint density at radius 1 is 0.536 bits per heavy atom. The third-order valence-electron chi connectivity index (χ3n) is 3.87. The Hall–Kier alpha value is -2.46.